The zero-order chi connectivity index (χ0) is 24.8. The number of nitrogens with one attached hydrogen (secondary N) is 3. The van der Waals surface area contributed by atoms with Crippen LogP contribution in [-0.4, -0.2) is 44.9 Å². The maximum Gasteiger partial charge on any atom is 0.324 e. The van der Waals surface area contributed by atoms with Crippen molar-refractivity contribution in [1.29, 1.82) is 0 Å². The average Bonchev–Trinajstić information content (AvgIpc) is 2.78. The Hall–Kier alpha value is -3.45. The number of sulfonamides is 1. The molecule has 2 rings (SSSR count). The van der Waals surface area contributed by atoms with Crippen molar-refractivity contribution in [3.8, 4) is 0 Å². The molecule has 2 aromatic carbocycles. The van der Waals surface area contributed by atoms with Crippen molar-refractivity contribution in [2.45, 2.75) is 30.9 Å². The Morgan fingerprint density at radius 1 is 0.970 bits per heavy atom. The molecule has 0 bridgehead atoms. The predicted molar refractivity (Wildman–Crippen MR) is 110 cm³/mol. The molecule has 0 aliphatic heterocycles. The number of anilines is 1. The summed E-state index contributed by atoms with van der Waals surface area (Å²) in [5.41, 5.74) is -0.632. The highest BCUT2D eigenvalue weighted by Gasteiger charge is 2.26. The van der Waals surface area contributed by atoms with Crippen molar-refractivity contribution in [3.05, 3.63) is 59.9 Å². The molecule has 0 radical (unpaired) electrons. The third-order valence-corrected chi connectivity index (χ3v) is 5.69. The van der Waals surface area contributed by atoms with E-state index in [0.717, 1.165) is 6.07 Å². The number of rotatable bonds is 9. The van der Waals surface area contributed by atoms with Gasteiger partial charge < -0.3 is 15.4 Å². The lowest BCUT2D eigenvalue weighted by Crippen LogP contribution is -2.44. The quantitative estimate of drug-likeness (QED) is 0.363. The lowest BCUT2D eigenvalue weighted by Gasteiger charge is -2.17. The third kappa shape index (κ3) is 7.02. The number of hydrogen-bond acceptors (Lipinski definition) is 6. The third-order valence-electron chi connectivity index (χ3n) is 4.13. The summed E-state index contributed by atoms with van der Waals surface area (Å²) in [5.74, 6) is -7.74. The SMILES string of the molecule is CC(NS(=O)(=O)c1ccccc1)C(=O)OC(C)C(=O)NCC(=O)Nc1ccc(F)c(F)c1F. The molecule has 2 aromatic rings. The first-order chi connectivity index (χ1) is 15.4. The van der Waals surface area contributed by atoms with Crippen molar-refractivity contribution in [1.82, 2.24) is 10.0 Å². The molecule has 2 amide bonds. The number of carbonyl (C=O) groups is 3. The van der Waals surface area contributed by atoms with Gasteiger partial charge in [0.25, 0.3) is 5.91 Å². The van der Waals surface area contributed by atoms with E-state index >= 15 is 0 Å². The fourth-order valence-electron chi connectivity index (χ4n) is 2.41. The summed E-state index contributed by atoms with van der Waals surface area (Å²) < 4.78 is 71.2. The van der Waals surface area contributed by atoms with Crippen LogP contribution in [0, 0.1) is 17.5 Å². The van der Waals surface area contributed by atoms with Crippen molar-refractivity contribution in [2.24, 2.45) is 0 Å². The van der Waals surface area contributed by atoms with E-state index in [2.05, 4.69) is 10.0 Å². The zero-order valence-electron chi connectivity index (χ0n) is 17.4. The largest absolute Gasteiger partial charge is 0.451 e. The van der Waals surface area contributed by atoms with Gasteiger partial charge in [0.1, 0.15) is 6.04 Å². The van der Waals surface area contributed by atoms with E-state index in [0.29, 0.717) is 6.07 Å². The fraction of sp³-hybridized carbons (Fsp3) is 0.250. The van der Waals surface area contributed by atoms with Gasteiger partial charge in [-0.3, -0.25) is 14.4 Å². The van der Waals surface area contributed by atoms with Gasteiger partial charge in [0, 0.05) is 0 Å². The molecule has 178 valence electrons. The van der Waals surface area contributed by atoms with Crippen LogP contribution in [0.4, 0.5) is 18.9 Å². The van der Waals surface area contributed by atoms with Crippen LogP contribution >= 0.6 is 0 Å². The Morgan fingerprint density at radius 3 is 2.24 bits per heavy atom. The normalized spacial score (nSPS) is 13.0. The summed E-state index contributed by atoms with van der Waals surface area (Å²) in [6.07, 6.45) is -1.41. The fourth-order valence-corrected chi connectivity index (χ4v) is 3.62. The maximum absolute atomic E-state index is 13.6. The van der Waals surface area contributed by atoms with E-state index in [4.69, 9.17) is 4.74 Å². The van der Waals surface area contributed by atoms with Crippen molar-refractivity contribution in [3.63, 3.8) is 0 Å². The Labute approximate surface area is 187 Å². The second-order valence-corrected chi connectivity index (χ2v) is 8.44. The Balaban J connectivity index is 1.85. The molecule has 0 fully saturated rings. The summed E-state index contributed by atoms with van der Waals surface area (Å²) in [7, 11) is -4.01. The van der Waals surface area contributed by atoms with Gasteiger partial charge in [0.05, 0.1) is 17.1 Å². The highest BCUT2D eigenvalue weighted by atomic mass is 32.2. The number of esters is 1. The molecule has 9 nitrogen and oxygen atoms in total. The van der Waals surface area contributed by atoms with Crippen LogP contribution in [0.25, 0.3) is 0 Å². The molecule has 33 heavy (non-hydrogen) atoms. The highest BCUT2D eigenvalue weighted by molar-refractivity contribution is 7.89. The molecule has 0 heterocycles. The van der Waals surface area contributed by atoms with Crippen molar-refractivity contribution < 1.29 is 40.7 Å². The molecule has 3 N–H and O–H groups in total. The van der Waals surface area contributed by atoms with Gasteiger partial charge in [-0.2, -0.15) is 4.72 Å². The van der Waals surface area contributed by atoms with Crippen LogP contribution < -0.4 is 15.4 Å². The minimum Gasteiger partial charge on any atom is -0.451 e. The lowest BCUT2D eigenvalue weighted by atomic mass is 10.2. The minimum atomic E-state index is -4.01. The molecule has 0 aromatic heterocycles. The summed E-state index contributed by atoms with van der Waals surface area (Å²) >= 11 is 0. The molecular weight excluding hydrogens is 467 g/mol. The summed E-state index contributed by atoms with van der Waals surface area (Å²) in [5, 5.41) is 4.06. The van der Waals surface area contributed by atoms with E-state index in [1.165, 1.54) is 38.1 Å². The highest BCUT2D eigenvalue weighted by Crippen LogP contribution is 2.19. The van der Waals surface area contributed by atoms with Crippen LogP contribution in [0.15, 0.2) is 47.4 Å². The second-order valence-electron chi connectivity index (χ2n) is 6.72. The van der Waals surface area contributed by atoms with Gasteiger partial charge in [-0.1, -0.05) is 18.2 Å². The number of halogens is 3. The minimum absolute atomic E-state index is 0.0704. The first-order valence-electron chi connectivity index (χ1n) is 9.41. The van der Waals surface area contributed by atoms with E-state index in [-0.39, 0.29) is 4.90 Å². The first kappa shape index (κ1) is 25.8. The first-order valence-corrected chi connectivity index (χ1v) is 10.9. The summed E-state index contributed by atoms with van der Waals surface area (Å²) in [6, 6.07) is 7.36. The van der Waals surface area contributed by atoms with E-state index < -0.39 is 69.6 Å². The predicted octanol–water partition coefficient (Wildman–Crippen LogP) is 1.46. The zero-order valence-corrected chi connectivity index (χ0v) is 18.2. The average molecular weight is 487 g/mol. The van der Waals surface area contributed by atoms with Crippen molar-refractivity contribution in [2.75, 3.05) is 11.9 Å². The number of amides is 2. The molecule has 0 spiro atoms. The number of ether oxygens (including phenoxy) is 1. The molecular formula is C20H20F3N3O6S. The smallest absolute Gasteiger partial charge is 0.324 e. The standard InChI is InChI=1S/C20H20F3N3O6S/c1-11(26-33(30,31)13-6-4-3-5-7-13)20(29)32-12(2)19(28)24-10-16(27)25-15-9-8-14(21)17(22)18(15)23/h3-9,11-12,26H,10H2,1-2H3,(H,24,28)(H,25,27). The van der Waals surface area contributed by atoms with Crippen LogP contribution in [0.3, 0.4) is 0 Å². The number of benzene rings is 2. The maximum atomic E-state index is 13.6. The number of carbonyl (C=O) groups excluding carboxylic acids is 3. The Bertz CT molecular complexity index is 1150. The molecule has 0 saturated heterocycles. The molecule has 2 atom stereocenters. The second kappa shape index (κ2) is 10.9. The molecule has 0 aliphatic carbocycles. The summed E-state index contributed by atoms with van der Waals surface area (Å²) in [6.45, 7) is 1.70. The van der Waals surface area contributed by atoms with Gasteiger partial charge in [0.2, 0.25) is 15.9 Å². The van der Waals surface area contributed by atoms with E-state index in [1.807, 2.05) is 5.32 Å². The topological polar surface area (TPSA) is 131 Å². The Morgan fingerprint density at radius 2 is 1.61 bits per heavy atom. The molecule has 0 saturated carbocycles. The molecule has 0 aliphatic rings. The van der Waals surface area contributed by atoms with Crippen molar-refractivity contribution >= 4 is 33.5 Å². The van der Waals surface area contributed by atoms with Crippen LogP contribution in [-0.2, 0) is 29.1 Å². The summed E-state index contributed by atoms with van der Waals surface area (Å²) in [4.78, 5) is 35.9. The van der Waals surface area contributed by atoms with Crippen LogP contribution in [0.2, 0.25) is 0 Å². The van der Waals surface area contributed by atoms with E-state index in [1.54, 1.807) is 6.07 Å². The van der Waals surface area contributed by atoms with Gasteiger partial charge in [-0.05, 0) is 38.1 Å². The molecule has 2 unspecified atom stereocenters. The van der Waals surface area contributed by atoms with Crippen LogP contribution in [0.5, 0.6) is 0 Å². The van der Waals surface area contributed by atoms with Gasteiger partial charge in [0.15, 0.2) is 23.6 Å². The monoisotopic (exact) mass is 487 g/mol. The lowest BCUT2D eigenvalue weighted by molar-refractivity contribution is -0.156. The Kier molecular flexibility index (Phi) is 8.54. The number of hydrogen-bond donors (Lipinski definition) is 3. The van der Waals surface area contributed by atoms with Gasteiger partial charge in [-0.25, -0.2) is 21.6 Å². The van der Waals surface area contributed by atoms with E-state index in [9.17, 15) is 36.0 Å². The van der Waals surface area contributed by atoms with Gasteiger partial charge in [-0.15, -0.1) is 0 Å². The van der Waals surface area contributed by atoms with Crippen LogP contribution in [0.1, 0.15) is 13.8 Å². The molecule has 13 heteroatoms. The van der Waals surface area contributed by atoms with Gasteiger partial charge >= 0.3 is 5.97 Å².